The van der Waals surface area contributed by atoms with Gasteiger partial charge in [0.1, 0.15) is 16.4 Å². The molecule has 0 unspecified atom stereocenters. The second-order valence-corrected chi connectivity index (χ2v) is 10.0. The molecule has 4 aromatic rings. The number of H-pyrrole nitrogens is 1. The predicted octanol–water partition coefficient (Wildman–Crippen LogP) is 3.66. The van der Waals surface area contributed by atoms with Gasteiger partial charge in [-0.3, -0.25) is 0 Å². The molecule has 0 bridgehead atoms. The van der Waals surface area contributed by atoms with Gasteiger partial charge in [-0.05, 0) is 59.0 Å². The average molecular weight is 479 g/mol. The highest BCUT2D eigenvalue weighted by atomic mass is 32.2. The lowest BCUT2D eigenvalue weighted by molar-refractivity contribution is 0.256. The summed E-state index contributed by atoms with van der Waals surface area (Å²) < 4.78 is 40.8. The van der Waals surface area contributed by atoms with Crippen LogP contribution in [0, 0.1) is 0 Å². The van der Waals surface area contributed by atoms with Gasteiger partial charge in [-0.15, -0.1) is 0 Å². The van der Waals surface area contributed by atoms with E-state index in [1.165, 1.54) is 0 Å². The summed E-state index contributed by atoms with van der Waals surface area (Å²) in [5.74, 6) is 1.07. The van der Waals surface area contributed by atoms with Crippen molar-refractivity contribution in [3.63, 3.8) is 0 Å². The number of aromatic nitrogens is 1. The van der Waals surface area contributed by atoms with Crippen LogP contribution in [0.5, 0.6) is 11.5 Å². The first-order chi connectivity index (χ1) is 16.5. The molecule has 7 nitrogen and oxygen atoms in total. The Morgan fingerprint density at radius 2 is 1.97 bits per heavy atom. The van der Waals surface area contributed by atoms with Crippen LogP contribution in [0.25, 0.3) is 22.0 Å². The molecule has 0 saturated carbocycles. The van der Waals surface area contributed by atoms with Crippen LogP contribution in [0.15, 0.2) is 71.8 Å². The van der Waals surface area contributed by atoms with E-state index in [2.05, 4.69) is 9.71 Å². The highest BCUT2D eigenvalue weighted by Crippen LogP contribution is 2.38. The molecular formula is C26H26N2O5S. The summed E-state index contributed by atoms with van der Waals surface area (Å²) in [6.45, 7) is 0.0928. The average Bonchev–Trinajstić information content (AvgIpc) is 3.50. The Hall–Kier alpha value is -3.33. The minimum absolute atomic E-state index is 0.0812. The number of para-hydroxylation sites is 1. The van der Waals surface area contributed by atoms with Gasteiger partial charge in [-0.2, -0.15) is 0 Å². The Balaban J connectivity index is 1.48. The van der Waals surface area contributed by atoms with E-state index in [4.69, 9.17) is 9.47 Å². The lowest BCUT2D eigenvalue weighted by Gasteiger charge is -2.18. The van der Waals surface area contributed by atoms with E-state index in [-0.39, 0.29) is 11.5 Å². The lowest BCUT2D eigenvalue weighted by atomic mass is 10.0. The van der Waals surface area contributed by atoms with Gasteiger partial charge >= 0.3 is 0 Å². The number of nitrogens with one attached hydrogen (secondary N) is 2. The molecular weight excluding hydrogens is 452 g/mol. The highest BCUT2D eigenvalue weighted by Gasteiger charge is 2.29. The molecule has 1 atom stereocenters. The first-order valence-corrected chi connectivity index (χ1v) is 12.6. The molecule has 34 heavy (non-hydrogen) atoms. The topological polar surface area (TPSA) is 101 Å². The van der Waals surface area contributed by atoms with Crippen molar-refractivity contribution in [2.45, 2.75) is 23.8 Å². The largest absolute Gasteiger partial charge is 0.497 e. The van der Waals surface area contributed by atoms with Gasteiger partial charge in [0.05, 0.1) is 20.3 Å². The standard InChI is InChI=1S/C26H26N2O5S/c1-32-22-6-4-5-17(13-22)19-11-18-9-10-33-26(18)25(14-19)34(30,31)28-21(16-29)12-20-15-27-24-8-3-2-7-23(20)24/h2-8,11,13-15,21,27-29H,9-10,12,16H2,1H3/t21-/m1/s1. The van der Waals surface area contributed by atoms with Gasteiger partial charge < -0.3 is 19.6 Å². The summed E-state index contributed by atoms with van der Waals surface area (Å²) in [6, 6.07) is 18.2. The maximum atomic E-state index is 13.5. The molecule has 8 heteroatoms. The molecule has 176 valence electrons. The van der Waals surface area contributed by atoms with E-state index >= 15 is 0 Å². The van der Waals surface area contributed by atoms with Crippen LogP contribution in [-0.4, -0.2) is 44.9 Å². The fourth-order valence-corrected chi connectivity index (χ4v) is 5.87. The van der Waals surface area contributed by atoms with Gasteiger partial charge in [0, 0.05) is 29.6 Å². The van der Waals surface area contributed by atoms with E-state index in [1.807, 2.05) is 60.8 Å². The lowest BCUT2D eigenvalue weighted by Crippen LogP contribution is -2.39. The van der Waals surface area contributed by atoms with Gasteiger partial charge in [-0.1, -0.05) is 30.3 Å². The second-order valence-electron chi connectivity index (χ2n) is 8.36. The Bertz CT molecular complexity index is 1440. The molecule has 1 aliphatic rings. The molecule has 0 spiro atoms. The Kier molecular flexibility index (Phi) is 6.03. The van der Waals surface area contributed by atoms with Crippen LogP contribution in [0.2, 0.25) is 0 Å². The first kappa shape index (κ1) is 22.5. The van der Waals surface area contributed by atoms with Crippen LogP contribution in [0.3, 0.4) is 0 Å². The summed E-state index contributed by atoms with van der Waals surface area (Å²) in [4.78, 5) is 3.27. The number of ether oxygens (including phenoxy) is 2. The molecule has 1 aromatic heterocycles. The van der Waals surface area contributed by atoms with Crippen molar-refractivity contribution in [3.8, 4) is 22.6 Å². The van der Waals surface area contributed by atoms with Crippen LogP contribution in [-0.2, 0) is 22.9 Å². The SMILES string of the molecule is COc1cccc(-c2cc3c(c(S(=O)(=O)N[C@@H](CO)Cc4c[nH]c5ccccc45)c2)OCC3)c1. The van der Waals surface area contributed by atoms with Crippen molar-refractivity contribution in [3.05, 3.63) is 78.0 Å². The summed E-state index contributed by atoms with van der Waals surface area (Å²) in [5.41, 5.74) is 4.36. The number of fused-ring (bicyclic) bond motifs is 2. The van der Waals surface area contributed by atoms with E-state index in [0.29, 0.717) is 30.9 Å². The van der Waals surface area contributed by atoms with Crippen molar-refractivity contribution in [1.29, 1.82) is 0 Å². The number of benzene rings is 3. The third-order valence-electron chi connectivity index (χ3n) is 6.13. The van der Waals surface area contributed by atoms with Crippen LogP contribution in [0.4, 0.5) is 0 Å². The highest BCUT2D eigenvalue weighted by molar-refractivity contribution is 7.89. The maximum Gasteiger partial charge on any atom is 0.244 e. The van der Waals surface area contributed by atoms with Gasteiger partial charge in [0.15, 0.2) is 0 Å². The second kappa shape index (κ2) is 9.13. The monoisotopic (exact) mass is 478 g/mol. The van der Waals surface area contributed by atoms with E-state index in [0.717, 1.165) is 33.2 Å². The summed E-state index contributed by atoms with van der Waals surface area (Å²) in [5, 5.41) is 11.0. The molecule has 0 saturated heterocycles. The molecule has 1 aliphatic heterocycles. The number of methoxy groups -OCH3 is 1. The Morgan fingerprint density at radius 1 is 1.12 bits per heavy atom. The molecule has 3 N–H and O–H groups in total. The Labute approximate surface area is 198 Å². The number of rotatable bonds is 8. The number of hydrogen-bond acceptors (Lipinski definition) is 5. The smallest absolute Gasteiger partial charge is 0.244 e. The third-order valence-corrected chi connectivity index (χ3v) is 7.65. The number of aromatic amines is 1. The third kappa shape index (κ3) is 4.27. The zero-order valence-electron chi connectivity index (χ0n) is 18.7. The number of hydrogen-bond donors (Lipinski definition) is 3. The van der Waals surface area contributed by atoms with E-state index < -0.39 is 16.1 Å². The summed E-state index contributed by atoms with van der Waals surface area (Å²) in [7, 11) is -2.38. The molecule has 2 heterocycles. The fourth-order valence-electron chi connectivity index (χ4n) is 4.43. The minimum Gasteiger partial charge on any atom is -0.497 e. The zero-order valence-corrected chi connectivity index (χ0v) is 19.6. The van der Waals surface area contributed by atoms with Crippen molar-refractivity contribution in [2.24, 2.45) is 0 Å². The number of aliphatic hydroxyl groups excluding tert-OH is 1. The van der Waals surface area contributed by atoms with Crippen LogP contribution in [0.1, 0.15) is 11.1 Å². The van der Waals surface area contributed by atoms with Crippen LogP contribution >= 0.6 is 0 Å². The van der Waals surface area contributed by atoms with Crippen LogP contribution < -0.4 is 14.2 Å². The molecule has 0 radical (unpaired) electrons. The van der Waals surface area contributed by atoms with Crippen molar-refractivity contribution in [1.82, 2.24) is 9.71 Å². The van der Waals surface area contributed by atoms with Crippen molar-refractivity contribution >= 4 is 20.9 Å². The van der Waals surface area contributed by atoms with E-state index in [1.54, 1.807) is 13.2 Å². The van der Waals surface area contributed by atoms with Gasteiger partial charge in [-0.25, -0.2) is 13.1 Å². The molecule has 0 fully saturated rings. The summed E-state index contributed by atoms with van der Waals surface area (Å²) in [6.07, 6.45) is 2.83. The minimum atomic E-state index is -3.98. The van der Waals surface area contributed by atoms with Crippen molar-refractivity contribution < 1.29 is 23.0 Å². The number of sulfonamides is 1. The number of aliphatic hydroxyl groups is 1. The van der Waals surface area contributed by atoms with Crippen molar-refractivity contribution in [2.75, 3.05) is 20.3 Å². The van der Waals surface area contributed by atoms with Gasteiger partial charge in [0.25, 0.3) is 0 Å². The molecule has 0 aliphatic carbocycles. The Morgan fingerprint density at radius 3 is 2.79 bits per heavy atom. The zero-order chi connectivity index (χ0) is 23.7. The predicted molar refractivity (Wildman–Crippen MR) is 131 cm³/mol. The summed E-state index contributed by atoms with van der Waals surface area (Å²) >= 11 is 0. The fraction of sp³-hybridized carbons (Fsp3) is 0.231. The normalized spacial score (nSPS) is 14.1. The molecule has 3 aromatic carbocycles. The first-order valence-electron chi connectivity index (χ1n) is 11.1. The molecule has 5 rings (SSSR count). The maximum absolute atomic E-state index is 13.5. The van der Waals surface area contributed by atoms with Gasteiger partial charge in [0.2, 0.25) is 10.0 Å². The quantitative estimate of drug-likeness (QED) is 0.359. The van der Waals surface area contributed by atoms with E-state index in [9.17, 15) is 13.5 Å². The molecule has 0 amide bonds.